The molecule has 0 saturated heterocycles. The maximum atomic E-state index is 12.3. The van der Waals surface area contributed by atoms with Gasteiger partial charge in [0.15, 0.2) is 0 Å². The van der Waals surface area contributed by atoms with E-state index in [-0.39, 0.29) is 30.3 Å². The van der Waals surface area contributed by atoms with Crippen LogP contribution in [0, 0.1) is 10.1 Å². The predicted octanol–water partition coefficient (Wildman–Crippen LogP) is 2.95. The lowest BCUT2D eigenvalue weighted by Gasteiger charge is -2.11. The predicted molar refractivity (Wildman–Crippen MR) is 100 cm³/mol. The molecular formula is C19H18N4O4. The van der Waals surface area contributed by atoms with E-state index in [0.29, 0.717) is 18.7 Å². The van der Waals surface area contributed by atoms with Crippen LogP contribution in [0.4, 0.5) is 11.4 Å². The molecule has 0 radical (unpaired) electrons. The van der Waals surface area contributed by atoms with Crippen molar-refractivity contribution in [2.75, 3.05) is 11.9 Å². The first kappa shape index (κ1) is 18.2. The maximum Gasteiger partial charge on any atom is 0.269 e. The van der Waals surface area contributed by atoms with Gasteiger partial charge in [-0.15, -0.1) is 0 Å². The van der Waals surface area contributed by atoms with Crippen molar-refractivity contribution >= 4 is 28.9 Å². The highest BCUT2D eigenvalue weighted by atomic mass is 16.6. The first-order chi connectivity index (χ1) is 13.0. The van der Waals surface area contributed by atoms with E-state index in [2.05, 4.69) is 10.4 Å². The van der Waals surface area contributed by atoms with Crippen LogP contribution in [0.25, 0.3) is 0 Å². The molecule has 0 unspecified atom stereocenters. The Kier molecular flexibility index (Phi) is 5.55. The van der Waals surface area contributed by atoms with E-state index in [4.69, 9.17) is 0 Å². The van der Waals surface area contributed by atoms with Gasteiger partial charge >= 0.3 is 0 Å². The second-order valence-corrected chi connectivity index (χ2v) is 6.03. The number of rotatable bonds is 6. The molecule has 2 amide bonds. The van der Waals surface area contributed by atoms with Crippen LogP contribution in [0.3, 0.4) is 0 Å². The number of non-ortho nitro benzene ring substituents is 1. The fourth-order valence-electron chi connectivity index (χ4n) is 2.71. The van der Waals surface area contributed by atoms with Crippen molar-refractivity contribution in [3.05, 3.63) is 70.3 Å². The Morgan fingerprint density at radius 1 is 1.07 bits per heavy atom. The van der Waals surface area contributed by atoms with Gasteiger partial charge in [-0.1, -0.05) is 30.3 Å². The third-order valence-corrected chi connectivity index (χ3v) is 4.12. The minimum atomic E-state index is -0.509. The summed E-state index contributed by atoms with van der Waals surface area (Å²) in [5.41, 5.74) is 2.25. The smallest absolute Gasteiger partial charge is 0.269 e. The van der Waals surface area contributed by atoms with E-state index in [9.17, 15) is 19.7 Å². The van der Waals surface area contributed by atoms with E-state index in [1.165, 1.54) is 29.3 Å². The van der Waals surface area contributed by atoms with E-state index >= 15 is 0 Å². The molecule has 0 fully saturated rings. The van der Waals surface area contributed by atoms with Crippen molar-refractivity contribution in [3.63, 3.8) is 0 Å². The highest BCUT2D eigenvalue weighted by Crippen LogP contribution is 2.17. The molecule has 0 bridgehead atoms. The van der Waals surface area contributed by atoms with Gasteiger partial charge < -0.3 is 5.32 Å². The minimum absolute atomic E-state index is 0.0164. The Bertz CT molecular complexity index is 878. The molecule has 1 aliphatic heterocycles. The van der Waals surface area contributed by atoms with E-state index in [1.807, 2.05) is 30.3 Å². The zero-order valence-corrected chi connectivity index (χ0v) is 14.5. The summed E-state index contributed by atoms with van der Waals surface area (Å²) in [4.78, 5) is 34.4. The monoisotopic (exact) mass is 366 g/mol. The molecule has 8 heteroatoms. The molecule has 0 aliphatic carbocycles. The number of nitrogens with one attached hydrogen (secondary N) is 1. The summed E-state index contributed by atoms with van der Waals surface area (Å²) in [5.74, 6) is -0.538. The number of hydrogen-bond donors (Lipinski definition) is 1. The second kappa shape index (κ2) is 8.22. The average Bonchev–Trinajstić information content (AvgIpc) is 3.17. The summed E-state index contributed by atoms with van der Waals surface area (Å²) in [5, 5.41) is 19.0. The summed E-state index contributed by atoms with van der Waals surface area (Å²) in [6, 6.07) is 15.2. The second-order valence-electron chi connectivity index (χ2n) is 6.03. The van der Waals surface area contributed by atoms with Crippen LogP contribution < -0.4 is 5.32 Å². The number of benzene rings is 2. The van der Waals surface area contributed by atoms with Gasteiger partial charge in [0.2, 0.25) is 11.8 Å². The van der Waals surface area contributed by atoms with Crippen LogP contribution >= 0.6 is 0 Å². The van der Waals surface area contributed by atoms with E-state index < -0.39 is 4.92 Å². The third kappa shape index (κ3) is 4.75. The Morgan fingerprint density at radius 3 is 2.44 bits per heavy atom. The summed E-state index contributed by atoms with van der Waals surface area (Å²) >= 11 is 0. The molecule has 2 aromatic rings. The largest absolute Gasteiger partial charge is 0.326 e. The number of amides is 2. The molecule has 3 rings (SSSR count). The molecule has 1 N–H and O–H groups in total. The Balaban J connectivity index is 1.49. The Hall–Kier alpha value is -3.55. The standard InChI is InChI=1S/C19H18N4O4/c24-18(20-15-6-8-16(9-7-15)23(26)27)10-11-19(25)22-13-12-17(21-22)14-4-2-1-3-5-14/h1-9H,10-13H2,(H,20,24). The SMILES string of the molecule is O=C(CCC(=O)N1CCC(c2ccccc2)=N1)Nc1ccc([N+](=O)[O-])cc1. The van der Waals surface area contributed by atoms with Crippen LogP contribution in [0.2, 0.25) is 0 Å². The van der Waals surface area contributed by atoms with E-state index in [1.54, 1.807) is 0 Å². The number of hydrogen-bond acceptors (Lipinski definition) is 5. The molecule has 8 nitrogen and oxygen atoms in total. The number of carbonyl (C=O) groups is 2. The Morgan fingerprint density at radius 2 is 1.78 bits per heavy atom. The summed E-state index contributed by atoms with van der Waals surface area (Å²) in [6.07, 6.45) is 0.748. The van der Waals surface area contributed by atoms with Crippen molar-refractivity contribution in [1.29, 1.82) is 0 Å². The van der Waals surface area contributed by atoms with Gasteiger partial charge in [0, 0.05) is 37.1 Å². The highest BCUT2D eigenvalue weighted by molar-refractivity contribution is 6.02. The zero-order chi connectivity index (χ0) is 19.2. The van der Waals surface area contributed by atoms with Crippen molar-refractivity contribution < 1.29 is 14.5 Å². The summed E-state index contributed by atoms with van der Waals surface area (Å²) in [6.45, 7) is 0.507. The number of nitro benzene ring substituents is 1. The van der Waals surface area contributed by atoms with Crippen molar-refractivity contribution in [2.24, 2.45) is 5.10 Å². The molecule has 0 saturated carbocycles. The quantitative estimate of drug-likeness (QED) is 0.627. The highest BCUT2D eigenvalue weighted by Gasteiger charge is 2.21. The van der Waals surface area contributed by atoms with Gasteiger partial charge in [-0.25, -0.2) is 5.01 Å². The minimum Gasteiger partial charge on any atom is -0.326 e. The first-order valence-corrected chi connectivity index (χ1v) is 8.50. The zero-order valence-electron chi connectivity index (χ0n) is 14.5. The van der Waals surface area contributed by atoms with Crippen LogP contribution in [-0.2, 0) is 9.59 Å². The first-order valence-electron chi connectivity index (χ1n) is 8.50. The molecule has 0 atom stereocenters. The maximum absolute atomic E-state index is 12.3. The van der Waals surface area contributed by atoms with Crippen molar-refractivity contribution in [2.45, 2.75) is 19.3 Å². The van der Waals surface area contributed by atoms with E-state index in [0.717, 1.165) is 11.3 Å². The number of nitro groups is 1. The molecule has 2 aromatic carbocycles. The lowest BCUT2D eigenvalue weighted by molar-refractivity contribution is -0.384. The summed E-state index contributed by atoms with van der Waals surface area (Å²) < 4.78 is 0. The van der Waals surface area contributed by atoms with Crippen LogP contribution in [-0.4, -0.2) is 34.0 Å². The van der Waals surface area contributed by atoms with Gasteiger partial charge in [0.05, 0.1) is 17.2 Å². The number of anilines is 1. The van der Waals surface area contributed by atoms with Crippen LogP contribution in [0.15, 0.2) is 59.7 Å². The summed E-state index contributed by atoms with van der Waals surface area (Å²) in [7, 11) is 0. The van der Waals surface area contributed by atoms with Crippen LogP contribution in [0.5, 0.6) is 0 Å². The fourth-order valence-corrected chi connectivity index (χ4v) is 2.71. The number of nitrogens with zero attached hydrogens (tertiary/aromatic N) is 3. The normalized spacial score (nSPS) is 13.2. The lowest BCUT2D eigenvalue weighted by atomic mass is 10.1. The van der Waals surface area contributed by atoms with Crippen LogP contribution in [0.1, 0.15) is 24.8 Å². The fraction of sp³-hybridized carbons (Fsp3) is 0.211. The van der Waals surface area contributed by atoms with Crippen molar-refractivity contribution in [3.8, 4) is 0 Å². The van der Waals surface area contributed by atoms with Gasteiger partial charge in [-0.05, 0) is 17.7 Å². The molecule has 138 valence electrons. The molecule has 27 heavy (non-hydrogen) atoms. The van der Waals surface area contributed by atoms with Gasteiger partial charge in [-0.2, -0.15) is 5.10 Å². The molecule has 1 heterocycles. The molecular weight excluding hydrogens is 348 g/mol. The topological polar surface area (TPSA) is 105 Å². The number of carbonyl (C=O) groups excluding carboxylic acids is 2. The number of hydrazone groups is 1. The van der Waals surface area contributed by atoms with Crippen molar-refractivity contribution in [1.82, 2.24) is 5.01 Å². The average molecular weight is 366 g/mol. The molecule has 0 spiro atoms. The Labute approximate surface area is 155 Å². The molecule has 0 aromatic heterocycles. The molecule has 1 aliphatic rings. The third-order valence-electron chi connectivity index (χ3n) is 4.12. The van der Waals surface area contributed by atoms with Gasteiger partial charge in [0.1, 0.15) is 0 Å². The van der Waals surface area contributed by atoms with Gasteiger partial charge in [-0.3, -0.25) is 19.7 Å². The lowest BCUT2D eigenvalue weighted by Crippen LogP contribution is -2.24. The van der Waals surface area contributed by atoms with Gasteiger partial charge in [0.25, 0.3) is 5.69 Å².